The number of allylic oxidation sites excluding steroid dienone is 2. The van der Waals surface area contributed by atoms with Gasteiger partial charge in [-0.1, -0.05) is 11.2 Å². The molecule has 0 spiro atoms. The van der Waals surface area contributed by atoms with Gasteiger partial charge in [-0.15, -0.1) is 11.8 Å². The molecule has 6 rings (SSSR count). The lowest BCUT2D eigenvalue weighted by atomic mass is 10.0. The molecule has 0 bridgehead atoms. The molecule has 0 radical (unpaired) electrons. The molecule has 1 saturated heterocycles. The highest BCUT2D eigenvalue weighted by Gasteiger charge is 2.38. The van der Waals surface area contributed by atoms with Gasteiger partial charge in [0.2, 0.25) is 11.8 Å². The number of hydrogen-bond acceptors (Lipinski definition) is 7. The van der Waals surface area contributed by atoms with Gasteiger partial charge in [0.1, 0.15) is 11.6 Å². The third-order valence-corrected chi connectivity index (χ3v) is 7.45. The number of rotatable bonds is 5. The van der Waals surface area contributed by atoms with Crippen LogP contribution in [-0.4, -0.2) is 38.5 Å². The largest absolute Gasteiger partial charge is 0.479 e. The molecule has 8 nitrogen and oxygen atoms in total. The van der Waals surface area contributed by atoms with Gasteiger partial charge in [-0.2, -0.15) is 0 Å². The van der Waals surface area contributed by atoms with Gasteiger partial charge in [-0.05, 0) is 55.5 Å². The Kier molecular flexibility index (Phi) is 5.83. The number of ether oxygens (including phenoxy) is 1. The molecule has 37 heavy (non-hydrogen) atoms. The molecule has 2 aliphatic rings. The summed E-state index contributed by atoms with van der Waals surface area (Å²) < 4.78 is 27.0. The molecule has 0 saturated carbocycles. The van der Waals surface area contributed by atoms with Gasteiger partial charge in [0.05, 0.1) is 41.8 Å². The highest BCUT2D eigenvalue weighted by atomic mass is 32.2. The van der Waals surface area contributed by atoms with Crippen LogP contribution in [0.15, 0.2) is 52.5 Å². The first kappa shape index (κ1) is 23.5. The van der Waals surface area contributed by atoms with E-state index in [1.807, 2.05) is 32.0 Å². The second-order valence-corrected chi connectivity index (χ2v) is 9.91. The summed E-state index contributed by atoms with van der Waals surface area (Å²) in [5, 5.41) is 6.15. The summed E-state index contributed by atoms with van der Waals surface area (Å²) in [5.74, 6) is 1.47. The first-order chi connectivity index (χ1) is 18.0. The van der Waals surface area contributed by atoms with Gasteiger partial charge in [0.25, 0.3) is 0 Å². The normalized spacial score (nSPS) is 17.6. The number of carbonyl (C=O) groups is 1. The second-order valence-electron chi connectivity index (χ2n) is 8.98. The van der Waals surface area contributed by atoms with Crippen molar-refractivity contribution in [2.75, 3.05) is 17.8 Å². The molecule has 10 heteroatoms. The molecule has 1 amide bonds. The van der Waals surface area contributed by atoms with Crippen LogP contribution in [0.1, 0.15) is 36.2 Å². The predicted molar refractivity (Wildman–Crippen MR) is 141 cm³/mol. The van der Waals surface area contributed by atoms with Crippen molar-refractivity contribution < 1.29 is 18.4 Å². The number of nitrogens with zero attached hydrogens (tertiary/aromatic N) is 5. The van der Waals surface area contributed by atoms with E-state index in [4.69, 9.17) is 14.2 Å². The number of thioether (sulfide) groups is 1. The van der Waals surface area contributed by atoms with Gasteiger partial charge < -0.3 is 14.2 Å². The van der Waals surface area contributed by atoms with E-state index in [1.54, 1.807) is 16.7 Å². The molecule has 0 N–H and O–H groups in total. The number of imidazole rings is 1. The van der Waals surface area contributed by atoms with E-state index >= 15 is 0 Å². The molecule has 1 aromatic carbocycles. The lowest BCUT2D eigenvalue weighted by molar-refractivity contribution is -0.117. The van der Waals surface area contributed by atoms with Crippen molar-refractivity contribution >= 4 is 40.1 Å². The summed E-state index contributed by atoms with van der Waals surface area (Å²) >= 11 is 1.71. The van der Waals surface area contributed by atoms with Gasteiger partial charge in [-0.25, -0.2) is 14.4 Å². The summed E-state index contributed by atoms with van der Waals surface area (Å²) in [6.07, 6.45) is 6.55. The fourth-order valence-electron chi connectivity index (χ4n) is 5.13. The van der Waals surface area contributed by atoms with Crippen molar-refractivity contribution in [3.05, 3.63) is 71.1 Å². The Balaban J connectivity index is 1.52. The zero-order chi connectivity index (χ0) is 25.7. The van der Waals surface area contributed by atoms with E-state index in [0.717, 1.165) is 50.9 Å². The lowest BCUT2D eigenvalue weighted by Crippen LogP contribution is -2.29. The fraction of sp³-hybridized carbons (Fsp3) is 0.259. The van der Waals surface area contributed by atoms with Crippen LogP contribution < -0.4 is 9.64 Å². The number of benzene rings is 1. The maximum Gasteiger partial charge on any atom is 0.250 e. The number of methoxy groups -OCH3 is 1. The summed E-state index contributed by atoms with van der Waals surface area (Å²) in [5.41, 5.74) is 5.80. The van der Waals surface area contributed by atoms with E-state index in [1.165, 1.54) is 19.4 Å². The average Bonchev–Trinajstić information content (AvgIpc) is 3.58. The average molecular weight is 518 g/mol. The van der Waals surface area contributed by atoms with E-state index in [2.05, 4.69) is 32.3 Å². The van der Waals surface area contributed by atoms with Crippen LogP contribution in [0.3, 0.4) is 0 Å². The zero-order valence-corrected chi connectivity index (χ0v) is 21.4. The minimum Gasteiger partial charge on any atom is -0.479 e. The van der Waals surface area contributed by atoms with Gasteiger partial charge in [0.15, 0.2) is 5.82 Å². The summed E-state index contributed by atoms with van der Waals surface area (Å²) in [6.45, 7) is 3.81. The van der Waals surface area contributed by atoms with Crippen molar-refractivity contribution in [2.24, 2.45) is 0 Å². The third kappa shape index (κ3) is 3.92. The number of anilines is 1. The Bertz CT molecular complexity index is 1590. The number of pyridine rings is 1. The number of carbonyl (C=O) groups excluding carboxylic acids is 1. The molecule has 0 unspecified atom stereocenters. The molecular formula is C27H24FN5O3S. The summed E-state index contributed by atoms with van der Waals surface area (Å²) in [6, 6.07) is 7.01. The quantitative estimate of drug-likeness (QED) is 0.330. The Morgan fingerprint density at radius 1 is 1.24 bits per heavy atom. The number of amides is 1. The number of aryl methyl sites for hydroxylation is 2. The second kappa shape index (κ2) is 9.19. The monoisotopic (exact) mass is 517 g/mol. The van der Waals surface area contributed by atoms with Crippen LogP contribution in [0.25, 0.3) is 27.9 Å². The minimum atomic E-state index is -0.619. The van der Waals surface area contributed by atoms with Crippen molar-refractivity contribution in [1.29, 1.82) is 0 Å². The van der Waals surface area contributed by atoms with E-state index < -0.39 is 5.82 Å². The lowest BCUT2D eigenvalue weighted by Gasteiger charge is -2.26. The minimum absolute atomic E-state index is 0.102. The van der Waals surface area contributed by atoms with Crippen molar-refractivity contribution in [1.82, 2.24) is 19.7 Å². The Morgan fingerprint density at radius 3 is 2.81 bits per heavy atom. The highest BCUT2D eigenvalue weighted by molar-refractivity contribution is 8.02. The van der Waals surface area contributed by atoms with Gasteiger partial charge in [-0.3, -0.25) is 9.36 Å². The summed E-state index contributed by atoms with van der Waals surface area (Å²) in [7, 11) is 1.36. The first-order valence-electron chi connectivity index (χ1n) is 11.9. The maximum atomic E-state index is 14.6. The van der Waals surface area contributed by atoms with Gasteiger partial charge in [0, 0.05) is 29.5 Å². The number of aromatic nitrogens is 4. The Morgan fingerprint density at radius 2 is 2.11 bits per heavy atom. The molecule has 188 valence electrons. The molecule has 0 aliphatic carbocycles. The van der Waals surface area contributed by atoms with Crippen LogP contribution in [0.4, 0.5) is 10.1 Å². The predicted octanol–water partition coefficient (Wildman–Crippen LogP) is 5.82. The van der Waals surface area contributed by atoms with E-state index in [9.17, 15) is 9.18 Å². The third-order valence-electron chi connectivity index (χ3n) is 6.76. The van der Waals surface area contributed by atoms with Crippen LogP contribution in [-0.2, 0) is 4.79 Å². The molecule has 1 fully saturated rings. The Labute approximate surface area is 216 Å². The van der Waals surface area contributed by atoms with Gasteiger partial charge >= 0.3 is 0 Å². The van der Waals surface area contributed by atoms with E-state index in [-0.39, 0.29) is 17.8 Å². The SMILES string of the molecule is COc1ncc(N2C(=O)CC[C@H]2c2nc3cc(-c4c(C)noc4C)ccc3n2C2=CCSC=C2)cc1F. The standard InChI is InChI=1S/C27H24FN5O3S/c1-15-25(16(2)36-31-15)17-4-5-22-21(12-17)30-26(33(22)18-8-10-37-11-9-18)23-6-7-24(34)32(23)19-13-20(28)27(35-3)29-14-19/h4-5,8-10,12-14,23H,6-7,11H2,1-3H3/t23-/m0/s1. The fourth-order valence-corrected chi connectivity index (χ4v) is 5.75. The summed E-state index contributed by atoms with van der Waals surface area (Å²) in [4.78, 5) is 23.8. The van der Waals surface area contributed by atoms with Crippen LogP contribution in [0.2, 0.25) is 0 Å². The molecular weight excluding hydrogens is 493 g/mol. The molecule has 4 aromatic rings. The van der Waals surface area contributed by atoms with Crippen molar-refractivity contribution in [3.63, 3.8) is 0 Å². The zero-order valence-electron chi connectivity index (χ0n) is 20.6. The maximum absolute atomic E-state index is 14.6. The van der Waals surface area contributed by atoms with Crippen LogP contribution in [0, 0.1) is 19.7 Å². The number of hydrogen-bond donors (Lipinski definition) is 0. The smallest absolute Gasteiger partial charge is 0.250 e. The van der Waals surface area contributed by atoms with Crippen molar-refractivity contribution in [3.8, 4) is 17.0 Å². The molecule has 2 aliphatic heterocycles. The van der Waals surface area contributed by atoms with Crippen LogP contribution >= 0.6 is 11.8 Å². The molecule has 5 heterocycles. The highest BCUT2D eigenvalue weighted by Crippen LogP contribution is 2.41. The topological polar surface area (TPSA) is 86.3 Å². The Hall–Kier alpha value is -3.92. The van der Waals surface area contributed by atoms with E-state index in [0.29, 0.717) is 18.5 Å². The number of halogens is 1. The first-order valence-corrected chi connectivity index (χ1v) is 13.0. The molecule has 1 atom stereocenters. The molecule has 3 aromatic heterocycles. The number of fused-ring (bicyclic) bond motifs is 1. The van der Waals surface area contributed by atoms with Crippen LogP contribution in [0.5, 0.6) is 5.88 Å². The van der Waals surface area contributed by atoms with Crippen molar-refractivity contribution in [2.45, 2.75) is 32.7 Å².